The second-order valence-corrected chi connectivity index (χ2v) is 6.80. The van der Waals surface area contributed by atoms with Gasteiger partial charge in [-0.15, -0.1) is 5.10 Å². The van der Waals surface area contributed by atoms with Crippen molar-refractivity contribution in [2.45, 2.75) is 31.9 Å². The zero-order valence-corrected chi connectivity index (χ0v) is 14.8. The zero-order chi connectivity index (χ0) is 18.6. The Morgan fingerprint density at radius 3 is 2.77 bits per heavy atom. The van der Waals surface area contributed by atoms with Crippen molar-refractivity contribution in [1.29, 1.82) is 0 Å². The van der Waals surface area contributed by atoms with E-state index in [2.05, 4.69) is 5.10 Å². The van der Waals surface area contributed by atoms with Gasteiger partial charge in [-0.2, -0.15) is 0 Å². The number of rotatable bonds is 10. The average Bonchev–Trinajstić information content (AvgIpc) is 3.04. The predicted octanol–water partition coefficient (Wildman–Crippen LogP) is 3.25. The number of carbonyl (C=O) groups is 1. The highest BCUT2D eigenvalue weighted by Crippen LogP contribution is 2.48. The molecule has 0 bridgehead atoms. The molecule has 0 saturated heterocycles. The van der Waals surface area contributed by atoms with Gasteiger partial charge in [-0.25, -0.2) is 8.78 Å². The van der Waals surface area contributed by atoms with Crippen molar-refractivity contribution in [3.63, 3.8) is 0 Å². The third-order valence-electron chi connectivity index (χ3n) is 4.54. The van der Waals surface area contributed by atoms with Crippen molar-refractivity contribution < 1.29 is 18.3 Å². The molecule has 140 valence electrons. The number of aldehydes is 1. The Morgan fingerprint density at radius 2 is 2.12 bits per heavy atom. The van der Waals surface area contributed by atoms with Gasteiger partial charge < -0.3 is 9.64 Å². The standard InChI is InChI=1S/C19H23F2N3O2/c1-23(12-16-11-19(16,20)21)8-5-9-24-17(13-25)10-18(22-24)26-14-15-6-3-2-4-7-15/h2-4,6-7,10,13,16H,5,8-9,11-12,14H2,1H3. The smallest absolute Gasteiger partial charge is 0.252 e. The number of ether oxygens (including phenoxy) is 1. The van der Waals surface area contributed by atoms with E-state index in [0.717, 1.165) is 18.3 Å². The number of hydrogen-bond acceptors (Lipinski definition) is 4. The van der Waals surface area contributed by atoms with Gasteiger partial charge in [-0.3, -0.25) is 9.48 Å². The number of nitrogens with zero attached hydrogens (tertiary/aromatic N) is 3. The molecule has 1 atom stereocenters. The normalized spacial score (nSPS) is 18.1. The van der Waals surface area contributed by atoms with E-state index in [0.29, 0.717) is 37.8 Å². The first-order chi connectivity index (χ1) is 12.5. The van der Waals surface area contributed by atoms with Gasteiger partial charge in [0, 0.05) is 31.5 Å². The maximum Gasteiger partial charge on any atom is 0.252 e. The van der Waals surface area contributed by atoms with Gasteiger partial charge in [0.25, 0.3) is 5.92 Å². The van der Waals surface area contributed by atoms with E-state index in [1.54, 1.807) is 10.7 Å². The lowest BCUT2D eigenvalue weighted by Gasteiger charge is -2.16. The van der Waals surface area contributed by atoms with Crippen LogP contribution in [0.2, 0.25) is 0 Å². The Hall–Kier alpha value is -2.28. The number of hydrogen-bond donors (Lipinski definition) is 0. The lowest BCUT2D eigenvalue weighted by Crippen LogP contribution is -2.25. The summed E-state index contributed by atoms with van der Waals surface area (Å²) in [5, 5.41) is 4.31. The van der Waals surface area contributed by atoms with Gasteiger partial charge in [-0.05, 0) is 25.6 Å². The van der Waals surface area contributed by atoms with Gasteiger partial charge in [0.1, 0.15) is 12.3 Å². The van der Waals surface area contributed by atoms with Gasteiger partial charge in [0.2, 0.25) is 5.88 Å². The monoisotopic (exact) mass is 363 g/mol. The molecule has 1 fully saturated rings. The third kappa shape index (κ3) is 4.88. The number of aryl methyl sites for hydroxylation is 1. The number of benzene rings is 1. The molecule has 1 aromatic carbocycles. The number of alkyl halides is 2. The van der Waals surface area contributed by atoms with Crippen molar-refractivity contribution in [2.24, 2.45) is 5.92 Å². The van der Waals surface area contributed by atoms with Crippen LogP contribution in [0.1, 0.15) is 28.9 Å². The van der Waals surface area contributed by atoms with E-state index >= 15 is 0 Å². The van der Waals surface area contributed by atoms with Crippen molar-refractivity contribution in [1.82, 2.24) is 14.7 Å². The van der Waals surface area contributed by atoms with Crippen LogP contribution in [-0.4, -0.2) is 47.0 Å². The van der Waals surface area contributed by atoms with Crippen LogP contribution in [0.3, 0.4) is 0 Å². The molecular formula is C19H23F2N3O2. The van der Waals surface area contributed by atoms with Gasteiger partial charge in [0.05, 0.1) is 0 Å². The van der Waals surface area contributed by atoms with Gasteiger partial charge in [0.15, 0.2) is 6.29 Å². The molecule has 0 spiro atoms. The first-order valence-corrected chi connectivity index (χ1v) is 8.74. The molecule has 1 unspecified atom stereocenters. The molecule has 1 saturated carbocycles. The minimum atomic E-state index is -2.48. The molecular weight excluding hydrogens is 340 g/mol. The fraction of sp³-hybridized carbons (Fsp3) is 0.474. The van der Waals surface area contributed by atoms with Crippen LogP contribution in [0.5, 0.6) is 5.88 Å². The second kappa shape index (κ2) is 7.95. The van der Waals surface area contributed by atoms with E-state index in [9.17, 15) is 13.6 Å². The molecule has 5 nitrogen and oxygen atoms in total. The second-order valence-electron chi connectivity index (χ2n) is 6.80. The van der Waals surface area contributed by atoms with Crippen molar-refractivity contribution in [3.05, 3.63) is 47.7 Å². The molecule has 0 aliphatic heterocycles. The molecule has 26 heavy (non-hydrogen) atoms. The molecule has 1 heterocycles. The lowest BCUT2D eigenvalue weighted by molar-refractivity contribution is 0.0898. The minimum Gasteiger partial charge on any atom is -0.472 e. The Kier molecular flexibility index (Phi) is 5.66. The summed E-state index contributed by atoms with van der Waals surface area (Å²) >= 11 is 0. The van der Waals surface area contributed by atoms with Gasteiger partial charge >= 0.3 is 0 Å². The molecule has 3 rings (SSSR count). The molecule has 1 aliphatic rings. The Bertz CT molecular complexity index is 734. The maximum absolute atomic E-state index is 12.9. The summed E-state index contributed by atoms with van der Waals surface area (Å²) < 4.78 is 33.1. The van der Waals surface area contributed by atoms with Crippen LogP contribution < -0.4 is 4.74 Å². The summed E-state index contributed by atoms with van der Waals surface area (Å²) in [5.74, 6) is -2.59. The number of carbonyl (C=O) groups excluding carboxylic acids is 1. The Morgan fingerprint density at radius 1 is 1.38 bits per heavy atom. The van der Waals surface area contributed by atoms with E-state index < -0.39 is 11.8 Å². The topological polar surface area (TPSA) is 47.4 Å². The first-order valence-electron chi connectivity index (χ1n) is 8.74. The van der Waals surface area contributed by atoms with Crippen LogP contribution in [0.4, 0.5) is 8.78 Å². The lowest BCUT2D eigenvalue weighted by atomic mass is 10.2. The molecule has 2 aromatic rings. The fourth-order valence-electron chi connectivity index (χ4n) is 2.91. The Balaban J connectivity index is 1.46. The van der Waals surface area contributed by atoms with Crippen molar-refractivity contribution in [3.8, 4) is 5.88 Å². The van der Waals surface area contributed by atoms with Crippen LogP contribution in [0, 0.1) is 5.92 Å². The molecule has 7 heteroatoms. The summed E-state index contributed by atoms with van der Waals surface area (Å²) in [7, 11) is 1.84. The minimum absolute atomic E-state index is 0.00605. The van der Waals surface area contributed by atoms with Crippen LogP contribution in [0.15, 0.2) is 36.4 Å². The van der Waals surface area contributed by atoms with E-state index in [1.165, 1.54) is 0 Å². The van der Waals surface area contributed by atoms with E-state index in [1.807, 2.05) is 42.3 Å². The summed E-state index contributed by atoms with van der Waals surface area (Å²) in [4.78, 5) is 13.1. The largest absolute Gasteiger partial charge is 0.472 e. The number of halogens is 2. The van der Waals surface area contributed by atoms with E-state index in [-0.39, 0.29) is 6.42 Å². The van der Waals surface area contributed by atoms with Crippen molar-refractivity contribution in [2.75, 3.05) is 20.1 Å². The van der Waals surface area contributed by atoms with Crippen molar-refractivity contribution >= 4 is 6.29 Å². The summed E-state index contributed by atoms with van der Waals surface area (Å²) in [6.45, 7) is 1.99. The molecule has 0 radical (unpaired) electrons. The first kappa shape index (κ1) is 18.5. The predicted molar refractivity (Wildman–Crippen MR) is 93.6 cm³/mol. The highest BCUT2D eigenvalue weighted by atomic mass is 19.3. The molecule has 1 aliphatic carbocycles. The highest BCUT2D eigenvalue weighted by molar-refractivity contribution is 5.72. The highest BCUT2D eigenvalue weighted by Gasteiger charge is 2.56. The average molecular weight is 363 g/mol. The van der Waals surface area contributed by atoms with Crippen LogP contribution >= 0.6 is 0 Å². The van der Waals surface area contributed by atoms with Crippen LogP contribution in [-0.2, 0) is 13.2 Å². The summed E-state index contributed by atoms with van der Waals surface area (Å²) in [6, 6.07) is 11.3. The number of aromatic nitrogens is 2. The molecule has 0 amide bonds. The summed E-state index contributed by atoms with van der Waals surface area (Å²) in [6.07, 6.45) is 1.46. The fourth-order valence-corrected chi connectivity index (χ4v) is 2.91. The van der Waals surface area contributed by atoms with Gasteiger partial charge in [-0.1, -0.05) is 30.3 Å². The molecule has 1 aromatic heterocycles. The SMILES string of the molecule is CN(CCCn1nc(OCc2ccccc2)cc1C=O)CC1CC1(F)F. The van der Waals surface area contributed by atoms with E-state index in [4.69, 9.17) is 4.74 Å². The summed E-state index contributed by atoms with van der Waals surface area (Å²) in [5.41, 5.74) is 1.47. The maximum atomic E-state index is 12.9. The quantitative estimate of drug-likeness (QED) is 0.608. The Labute approximate surface area is 151 Å². The third-order valence-corrected chi connectivity index (χ3v) is 4.54. The molecule has 0 N–H and O–H groups in total. The zero-order valence-electron chi connectivity index (χ0n) is 14.8. The van der Waals surface area contributed by atoms with Crippen LogP contribution in [0.25, 0.3) is 0 Å².